The highest BCUT2D eigenvalue weighted by molar-refractivity contribution is 6.30. The van der Waals surface area contributed by atoms with Crippen molar-refractivity contribution in [1.29, 1.82) is 0 Å². The lowest BCUT2D eigenvalue weighted by Gasteiger charge is -2.22. The van der Waals surface area contributed by atoms with Crippen LogP contribution in [0.25, 0.3) is 0 Å². The van der Waals surface area contributed by atoms with E-state index in [0.717, 1.165) is 4.90 Å². The molecule has 0 N–H and O–H groups in total. The number of hydrogen-bond donors (Lipinski definition) is 0. The quantitative estimate of drug-likeness (QED) is 0.620. The van der Waals surface area contributed by atoms with E-state index in [4.69, 9.17) is 21.1 Å². The first-order chi connectivity index (χ1) is 11.6. The highest BCUT2D eigenvalue weighted by atomic mass is 35.5. The maximum Gasteiger partial charge on any atom is 0.510 e. The molecule has 122 valence electrons. The zero-order chi connectivity index (χ0) is 17.1. The van der Waals surface area contributed by atoms with Gasteiger partial charge in [0, 0.05) is 18.6 Å². The number of halogens is 1. The third-order valence-corrected chi connectivity index (χ3v) is 3.33. The van der Waals surface area contributed by atoms with E-state index in [-0.39, 0.29) is 23.8 Å². The molecule has 0 fully saturated rings. The first kappa shape index (κ1) is 15.9. The molecule has 3 rings (SSSR count). The van der Waals surface area contributed by atoms with Crippen LogP contribution < -0.4 is 4.90 Å². The van der Waals surface area contributed by atoms with Gasteiger partial charge in [0.15, 0.2) is 5.69 Å². The number of hydrogen-bond acceptors (Lipinski definition) is 7. The van der Waals surface area contributed by atoms with E-state index in [2.05, 4.69) is 21.5 Å². The monoisotopic (exact) mass is 346 g/mol. The van der Waals surface area contributed by atoms with Gasteiger partial charge in [-0.15, -0.1) is 0 Å². The molecule has 1 atom stereocenters. The molecular weight excluding hydrogens is 336 g/mol. The molecule has 3 heterocycles. The van der Waals surface area contributed by atoms with Gasteiger partial charge in [0.05, 0.1) is 5.02 Å². The largest absolute Gasteiger partial charge is 0.510 e. The van der Waals surface area contributed by atoms with Crippen LogP contribution in [-0.4, -0.2) is 33.6 Å². The molecule has 1 aliphatic rings. The van der Waals surface area contributed by atoms with E-state index in [1.165, 1.54) is 30.7 Å². The predicted octanol–water partition coefficient (Wildman–Crippen LogP) is 2.52. The summed E-state index contributed by atoms with van der Waals surface area (Å²) in [6.45, 7) is 3.42. The molecule has 1 unspecified atom stereocenters. The van der Waals surface area contributed by atoms with Gasteiger partial charge in [-0.2, -0.15) is 0 Å². The molecule has 0 saturated carbocycles. The number of ether oxygens (including phenoxy) is 2. The van der Waals surface area contributed by atoms with E-state index in [1.54, 1.807) is 6.07 Å². The zero-order valence-electron chi connectivity index (χ0n) is 12.3. The standard InChI is InChI=1S/C15H11ClN4O4/c1-2-7-23-15(22)24-14-12-11(17-5-6-18-12)13(21)20(14)10-4-3-9(16)8-19-10/h2-6,8,14H,1,7H2. The molecule has 0 bridgehead atoms. The summed E-state index contributed by atoms with van der Waals surface area (Å²) in [5.74, 6) is -0.250. The Hall–Kier alpha value is -3.00. The number of pyridine rings is 1. The number of amides is 1. The molecule has 8 nitrogen and oxygen atoms in total. The minimum Gasteiger partial charge on any atom is -0.430 e. The Kier molecular flexibility index (Phi) is 4.39. The Balaban J connectivity index is 1.96. The Morgan fingerprint density at radius 1 is 1.33 bits per heavy atom. The summed E-state index contributed by atoms with van der Waals surface area (Å²) in [7, 11) is 0. The first-order valence-electron chi connectivity index (χ1n) is 6.82. The van der Waals surface area contributed by atoms with Crippen LogP contribution in [0.2, 0.25) is 5.02 Å². The van der Waals surface area contributed by atoms with Crippen molar-refractivity contribution in [3.63, 3.8) is 0 Å². The molecule has 1 aliphatic heterocycles. The summed E-state index contributed by atoms with van der Waals surface area (Å²) >= 11 is 5.82. The minimum atomic E-state index is -1.13. The van der Waals surface area contributed by atoms with Crippen LogP contribution in [0.1, 0.15) is 22.4 Å². The third kappa shape index (κ3) is 2.91. The van der Waals surface area contributed by atoms with Gasteiger partial charge in [0.1, 0.15) is 18.1 Å². The molecule has 24 heavy (non-hydrogen) atoms. The minimum absolute atomic E-state index is 0.0218. The Labute approximate surface area is 141 Å². The van der Waals surface area contributed by atoms with Gasteiger partial charge in [0.25, 0.3) is 5.91 Å². The van der Waals surface area contributed by atoms with Crippen molar-refractivity contribution in [1.82, 2.24) is 15.0 Å². The second-order valence-corrected chi connectivity index (χ2v) is 5.06. The summed E-state index contributed by atoms with van der Waals surface area (Å²) in [5, 5.41) is 0.405. The van der Waals surface area contributed by atoms with Crippen LogP contribution in [0, 0.1) is 0 Å². The summed E-state index contributed by atoms with van der Waals surface area (Å²) in [4.78, 5) is 37.7. The Morgan fingerprint density at radius 2 is 2.12 bits per heavy atom. The van der Waals surface area contributed by atoms with Gasteiger partial charge in [-0.1, -0.05) is 24.3 Å². The second kappa shape index (κ2) is 6.63. The maximum absolute atomic E-state index is 12.6. The fourth-order valence-electron chi connectivity index (χ4n) is 2.13. The topological polar surface area (TPSA) is 94.5 Å². The van der Waals surface area contributed by atoms with Gasteiger partial charge in [0.2, 0.25) is 6.23 Å². The summed E-state index contributed by atoms with van der Waals surface area (Å²) in [6.07, 6.45) is 3.45. The average molecular weight is 347 g/mol. The lowest BCUT2D eigenvalue weighted by Crippen LogP contribution is -2.32. The summed E-state index contributed by atoms with van der Waals surface area (Å²) < 4.78 is 10.0. The lowest BCUT2D eigenvalue weighted by atomic mass is 10.3. The molecular formula is C15H11ClN4O4. The highest BCUT2D eigenvalue weighted by Crippen LogP contribution is 2.35. The zero-order valence-corrected chi connectivity index (χ0v) is 13.0. The number of fused-ring (bicyclic) bond motifs is 1. The van der Waals surface area contributed by atoms with E-state index in [9.17, 15) is 9.59 Å². The molecule has 0 saturated heterocycles. The van der Waals surface area contributed by atoms with Crippen molar-refractivity contribution in [2.45, 2.75) is 6.23 Å². The molecule has 2 aromatic rings. The van der Waals surface area contributed by atoms with Crippen LogP contribution in [-0.2, 0) is 9.47 Å². The smallest absolute Gasteiger partial charge is 0.430 e. The fraction of sp³-hybridized carbons (Fsp3) is 0.133. The van der Waals surface area contributed by atoms with Crippen molar-refractivity contribution in [3.8, 4) is 0 Å². The predicted molar refractivity (Wildman–Crippen MR) is 83.5 cm³/mol. The van der Waals surface area contributed by atoms with Crippen LogP contribution in [0.5, 0.6) is 0 Å². The van der Waals surface area contributed by atoms with Crippen molar-refractivity contribution in [2.75, 3.05) is 11.5 Å². The van der Waals surface area contributed by atoms with Crippen molar-refractivity contribution >= 4 is 29.5 Å². The number of aromatic nitrogens is 3. The summed E-state index contributed by atoms with van der Waals surface area (Å²) in [6, 6.07) is 3.09. The van der Waals surface area contributed by atoms with Gasteiger partial charge < -0.3 is 9.47 Å². The van der Waals surface area contributed by atoms with E-state index in [1.807, 2.05) is 0 Å². The van der Waals surface area contributed by atoms with Crippen LogP contribution >= 0.6 is 11.6 Å². The number of anilines is 1. The average Bonchev–Trinajstić information content (AvgIpc) is 2.87. The normalized spacial score (nSPS) is 15.8. The summed E-state index contributed by atoms with van der Waals surface area (Å²) in [5.41, 5.74) is 0.283. The fourth-order valence-corrected chi connectivity index (χ4v) is 2.24. The molecule has 0 aliphatic carbocycles. The molecule has 0 aromatic carbocycles. The second-order valence-electron chi connectivity index (χ2n) is 4.62. The third-order valence-electron chi connectivity index (χ3n) is 3.10. The van der Waals surface area contributed by atoms with Gasteiger partial charge >= 0.3 is 6.16 Å². The van der Waals surface area contributed by atoms with Crippen LogP contribution in [0.4, 0.5) is 10.6 Å². The number of nitrogens with zero attached hydrogens (tertiary/aromatic N) is 4. The van der Waals surface area contributed by atoms with Gasteiger partial charge in [-0.05, 0) is 12.1 Å². The van der Waals surface area contributed by atoms with E-state index >= 15 is 0 Å². The highest BCUT2D eigenvalue weighted by Gasteiger charge is 2.43. The molecule has 2 aromatic heterocycles. The SMILES string of the molecule is C=CCOC(=O)OC1c2nccnc2C(=O)N1c1ccc(Cl)cn1. The van der Waals surface area contributed by atoms with Crippen molar-refractivity contribution in [3.05, 3.63) is 59.8 Å². The van der Waals surface area contributed by atoms with Gasteiger partial charge in [-0.3, -0.25) is 9.78 Å². The molecule has 0 spiro atoms. The molecule has 1 amide bonds. The molecule has 0 radical (unpaired) electrons. The Bertz CT molecular complexity index is 796. The van der Waals surface area contributed by atoms with Crippen LogP contribution in [0.3, 0.4) is 0 Å². The molecule has 9 heteroatoms. The number of carbonyl (C=O) groups is 2. The van der Waals surface area contributed by atoms with Crippen molar-refractivity contribution in [2.24, 2.45) is 0 Å². The van der Waals surface area contributed by atoms with Gasteiger partial charge in [-0.25, -0.2) is 19.7 Å². The van der Waals surface area contributed by atoms with E-state index in [0.29, 0.717) is 5.02 Å². The van der Waals surface area contributed by atoms with Crippen molar-refractivity contribution < 1.29 is 19.1 Å². The first-order valence-corrected chi connectivity index (χ1v) is 7.20. The maximum atomic E-state index is 12.6. The number of rotatable bonds is 4. The van der Waals surface area contributed by atoms with Crippen LogP contribution in [0.15, 0.2) is 43.4 Å². The van der Waals surface area contributed by atoms with E-state index < -0.39 is 18.3 Å². The lowest BCUT2D eigenvalue weighted by molar-refractivity contribution is 0.0290. The Morgan fingerprint density at radius 3 is 2.83 bits per heavy atom. The number of carbonyl (C=O) groups excluding carboxylic acids is 2.